The molecule has 1 saturated heterocycles. The third kappa shape index (κ3) is 5.13. The Morgan fingerprint density at radius 1 is 1.48 bits per heavy atom. The number of nitrogens with zero attached hydrogens (tertiary/aromatic N) is 8. The van der Waals surface area contributed by atoms with Gasteiger partial charge in [-0.2, -0.15) is 10.2 Å². The topological polar surface area (TPSA) is 149 Å². The zero-order valence-corrected chi connectivity index (χ0v) is 19.8. The van der Waals surface area contributed by atoms with Gasteiger partial charge in [-0.05, 0) is 48.3 Å². The van der Waals surface area contributed by atoms with Crippen molar-refractivity contribution in [2.45, 2.75) is 32.4 Å². The number of hydrogen-bond acceptors (Lipinski definition) is 12. The van der Waals surface area contributed by atoms with E-state index in [0.717, 1.165) is 13.0 Å². The molecule has 180 valence electrons. The van der Waals surface area contributed by atoms with Crippen molar-refractivity contribution in [2.24, 2.45) is 5.92 Å². The zero-order chi connectivity index (χ0) is 23.4. The summed E-state index contributed by atoms with van der Waals surface area (Å²) in [5.74, 6) is 1.95. The van der Waals surface area contributed by atoms with Gasteiger partial charge in [0.05, 0.1) is 18.7 Å². The van der Waals surface area contributed by atoms with E-state index in [2.05, 4.69) is 42.3 Å². The van der Waals surface area contributed by atoms with Crippen LogP contribution < -0.4 is 14.6 Å². The van der Waals surface area contributed by atoms with Gasteiger partial charge in [0.1, 0.15) is 5.82 Å². The molecule has 0 amide bonds. The van der Waals surface area contributed by atoms with Crippen LogP contribution in [0.5, 0.6) is 0 Å². The van der Waals surface area contributed by atoms with Crippen molar-refractivity contribution in [3.8, 4) is 0 Å². The summed E-state index contributed by atoms with van der Waals surface area (Å²) in [5, 5.41) is 29.7. The summed E-state index contributed by atoms with van der Waals surface area (Å²) >= 11 is 0. The molecule has 4 rings (SSSR count). The molecule has 0 aliphatic carbocycles. The summed E-state index contributed by atoms with van der Waals surface area (Å²) in [5.41, 5.74) is -0.564. The average molecular weight is 479 g/mol. The van der Waals surface area contributed by atoms with Crippen LogP contribution in [0.25, 0.3) is 0 Å². The van der Waals surface area contributed by atoms with E-state index >= 15 is 0 Å². The summed E-state index contributed by atoms with van der Waals surface area (Å²) in [6.07, 6.45) is 2.59. The van der Waals surface area contributed by atoms with Gasteiger partial charge in [-0.15, -0.1) is 10.2 Å². The van der Waals surface area contributed by atoms with E-state index in [1.807, 2.05) is 28.4 Å². The Bertz CT molecular complexity index is 990. The molecule has 0 spiro atoms. The Labute approximate surface area is 194 Å². The van der Waals surface area contributed by atoms with Gasteiger partial charge in [0, 0.05) is 39.5 Å². The fraction of sp³-hybridized carbons (Fsp3) is 0.632. The minimum absolute atomic E-state index is 0.130. The van der Waals surface area contributed by atoms with Crippen LogP contribution in [0.3, 0.4) is 0 Å². The van der Waals surface area contributed by atoms with E-state index in [1.165, 1.54) is 0 Å². The summed E-state index contributed by atoms with van der Waals surface area (Å²) in [6, 6.07) is 1.82. The minimum Gasteiger partial charge on any atom is -0.457 e. The lowest BCUT2D eigenvalue weighted by atomic mass is 10.1. The van der Waals surface area contributed by atoms with Crippen LogP contribution >= 0.6 is 10.7 Å². The van der Waals surface area contributed by atoms with E-state index in [4.69, 9.17) is 9.72 Å². The van der Waals surface area contributed by atoms with Gasteiger partial charge in [-0.1, -0.05) is 5.21 Å². The quantitative estimate of drug-likeness (QED) is 0.351. The number of H-pyrrole nitrogens is 1. The number of aromatic amines is 1. The van der Waals surface area contributed by atoms with Crippen molar-refractivity contribution < 1.29 is 14.6 Å². The molecule has 3 N–H and O–H groups in total. The van der Waals surface area contributed by atoms with Gasteiger partial charge >= 0.3 is 5.30 Å². The van der Waals surface area contributed by atoms with Crippen LogP contribution in [0.2, 0.25) is 0 Å². The Morgan fingerprint density at radius 2 is 2.33 bits per heavy atom. The van der Waals surface area contributed by atoms with Gasteiger partial charge in [0.2, 0.25) is 5.95 Å². The molecular weight excluding hydrogens is 448 g/mol. The van der Waals surface area contributed by atoms with Crippen LogP contribution in [0, 0.1) is 5.92 Å². The molecule has 2 aromatic heterocycles. The molecule has 0 aromatic carbocycles. The average Bonchev–Trinajstić information content (AvgIpc) is 3.56. The van der Waals surface area contributed by atoms with E-state index in [-0.39, 0.29) is 17.8 Å². The predicted octanol–water partition coefficient (Wildman–Crippen LogP) is 0.166. The van der Waals surface area contributed by atoms with Crippen LogP contribution in [-0.2, 0) is 11.3 Å². The summed E-state index contributed by atoms with van der Waals surface area (Å²) in [4.78, 5) is 23.7. The number of ether oxygens (including phenoxy) is 1. The molecule has 3 unspecified atom stereocenters. The highest BCUT2D eigenvalue weighted by Crippen LogP contribution is 2.33. The molecule has 0 bridgehead atoms. The Kier molecular flexibility index (Phi) is 7.17. The lowest BCUT2D eigenvalue weighted by Crippen LogP contribution is -2.59. The fourth-order valence-corrected chi connectivity index (χ4v) is 5.67. The third-order valence-corrected chi connectivity index (χ3v) is 7.34. The lowest BCUT2D eigenvalue weighted by molar-refractivity contribution is 0.181. The maximum absolute atomic E-state index is 12.4. The number of rotatable bonds is 8. The van der Waals surface area contributed by atoms with Crippen LogP contribution in [0.15, 0.2) is 12.3 Å². The molecule has 33 heavy (non-hydrogen) atoms. The van der Waals surface area contributed by atoms with Crippen molar-refractivity contribution in [1.82, 2.24) is 40.3 Å². The molecule has 2 aliphatic rings. The number of aliphatic hydroxyl groups excluding tert-OH is 1. The van der Waals surface area contributed by atoms with Crippen LogP contribution in [-0.4, -0.2) is 96.8 Å². The first-order chi connectivity index (χ1) is 15.9. The van der Waals surface area contributed by atoms with Crippen molar-refractivity contribution >= 4 is 33.1 Å². The molecule has 4 heterocycles. The number of nitrogens with one attached hydrogen (secondary N) is 2. The maximum atomic E-state index is 12.4. The number of hydrogen-bond donors (Lipinski definition) is 3. The maximum Gasteiger partial charge on any atom is 0.375 e. The van der Waals surface area contributed by atoms with Gasteiger partial charge in [0.25, 0.3) is 0 Å². The number of hydrazine groups is 1. The van der Waals surface area contributed by atoms with E-state index in [1.54, 1.807) is 13.1 Å². The van der Waals surface area contributed by atoms with Gasteiger partial charge in [-0.25, -0.2) is 14.8 Å². The van der Waals surface area contributed by atoms with Crippen LogP contribution in [0.1, 0.15) is 26.1 Å². The molecule has 13 nitrogen and oxygen atoms in total. The fourth-order valence-electron chi connectivity index (χ4n) is 3.99. The zero-order valence-electron chi connectivity index (χ0n) is 19.0. The molecule has 2 aromatic rings. The first-order valence-corrected chi connectivity index (χ1v) is 12.1. The van der Waals surface area contributed by atoms with Gasteiger partial charge in [-0.3, -0.25) is 9.73 Å². The number of carbonyl (C=O) groups excluding carboxylic acids is 1. The van der Waals surface area contributed by atoms with Crippen molar-refractivity contribution in [3.63, 3.8) is 0 Å². The first kappa shape index (κ1) is 23.5. The molecule has 2 aliphatic heterocycles. The molecular formula is C19H30N10O3S. The van der Waals surface area contributed by atoms with Gasteiger partial charge in [0.15, 0.2) is 5.82 Å². The van der Waals surface area contributed by atoms with E-state index < -0.39 is 16.2 Å². The third-order valence-electron chi connectivity index (χ3n) is 5.66. The molecule has 14 heteroatoms. The standard InChI is InChI=1S/C19H30N10O3S/c1-4-32-18(31)33-13-19(2,12-21-33)29(28-8-6-14(9-28)11-30)17-20-7-5-16(22-17)27(3)10-15-23-25-26-24-15/h5,7,13-14,21,30H,4,6,8-12H2,1-3H3,(H,23,24,25,26). The Balaban J connectivity index is 1.65. The van der Waals surface area contributed by atoms with E-state index in [0.29, 0.717) is 43.8 Å². The number of aromatic nitrogens is 6. The highest BCUT2D eigenvalue weighted by molar-refractivity contribution is 8.26. The summed E-state index contributed by atoms with van der Waals surface area (Å²) < 4.78 is 8.51. The summed E-state index contributed by atoms with van der Waals surface area (Å²) in [7, 11) is 1.07. The predicted molar refractivity (Wildman–Crippen MR) is 125 cm³/mol. The van der Waals surface area contributed by atoms with E-state index in [9.17, 15) is 9.90 Å². The monoisotopic (exact) mass is 478 g/mol. The highest BCUT2D eigenvalue weighted by atomic mass is 32.2. The SMILES string of the molecule is CCOC(=O)S1=CC(C)(N(c2nccc(N(C)Cc3nn[nH]n3)n2)N2CCC(CO)C2)CN1. The number of carbonyl (C=O) groups is 1. The molecule has 1 fully saturated rings. The smallest absolute Gasteiger partial charge is 0.375 e. The van der Waals surface area contributed by atoms with Crippen molar-refractivity contribution in [3.05, 3.63) is 18.1 Å². The first-order valence-electron chi connectivity index (χ1n) is 10.9. The second-order valence-electron chi connectivity index (χ2n) is 8.28. The van der Waals surface area contributed by atoms with Crippen molar-refractivity contribution in [1.29, 1.82) is 0 Å². The lowest BCUT2D eigenvalue weighted by Gasteiger charge is -2.42. The second kappa shape index (κ2) is 10.1. The normalized spacial score (nSPS) is 25.1. The minimum atomic E-state index is -0.829. The number of tetrazole rings is 1. The number of anilines is 2. The molecule has 0 radical (unpaired) electrons. The largest absolute Gasteiger partial charge is 0.457 e. The molecule has 3 atom stereocenters. The van der Waals surface area contributed by atoms with Crippen molar-refractivity contribution in [2.75, 3.05) is 49.8 Å². The Morgan fingerprint density at radius 3 is 3.03 bits per heavy atom. The highest BCUT2D eigenvalue weighted by Gasteiger charge is 2.43. The second-order valence-corrected chi connectivity index (χ2v) is 9.81. The van der Waals surface area contributed by atoms with Gasteiger partial charge < -0.3 is 14.7 Å². The van der Waals surface area contributed by atoms with Crippen LogP contribution in [0.4, 0.5) is 16.6 Å². The molecule has 0 saturated carbocycles. The summed E-state index contributed by atoms with van der Waals surface area (Å²) in [6.45, 7) is 6.71. The Hall–Kier alpha value is -2.68. The number of aliphatic hydroxyl groups is 1.